The number of benzene rings is 1. The fourth-order valence-electron chi connectivity index (χ4n) is 1.20. The molecule has 1 heterocycles. The highest BCUT2D eigenvalue weighted by molar-refractivity contribution is 14.1. The molecule has 1 N–H and O–H groups in total. The summed E-state index contributed by atoms with van der Waals surface area (Å²) in [5, 5.41) is 2.78. The third-order valence-electron chi connectivity index (χ3n) is 1.74. The Morgan fingerprint density at radius 2 is 2.00 bits per heavy atom. The van der Waals surface area contributed by atoms with E-state index in [1.54, 1.807) is 12.1 Å². The third kappa shape index (κ3) is 1.34. The van der Waals surface area contributed by atoms with Crippen LogP contribution in [0.25, 0.3) is 0 Å². The van der Waals surface area contributed by atoms with Crippen molar-refractivity contribution in [2.45, 2.75) is 0 Å². The maximum atomic E-state index is 11.2. The highest BCUT2D eigenvalue weighted by atomic mass is 127. The number of halogens is 2. The molecular weight excluding hydrogens is 304 g/mol. The van der Waals surface area contributed by atoms with Gasteiger partial charge in [0.15, 0.2) is 0 Å². The standard InChI is InChI=1S/C8H3ClINO2/c9-4-1-3(10)2-5-6(4)7(12)8(13)11-5/h1-2H,(H,11,12,13). The summed E-state index contributed by atoms with van der Waals surface area (Å²) in [4.78, 5) is 22.2. The van der Waals surface area contributed by atoms with Crippen molar-refractivity contribution in [2.75, 3.05) is 5.32 Å². The molecule has 13 heavy (non-hydrogen) atoms. The number of carbonyl (C=O) groups is 2. The zero-order valence-electron chi connectivity index (χ0n) is 6.23. The quantitative estimate of drug-likeness (QED) is 0.589. The Morgan fingerprint density at radius 1 is 1.31 bits per heavy atom. The van der Waals surface area contributed by atoms with Gasteiger partial charge in [0.05, 0.1) is 16.3 Å². The number of ketones is 1. The summed E-state index contributed by atoms with van der Waals surface area (Å²) < 4.78 is 0.886. The van der Waals surface area contributed by atoms with Gasteiger partial charge in [-0.25, -0.2) is 0 Å². The van der Waals surface area contributed by atoms with Crippen molar-refractivity contribution < 1.29 is 9.59 Å². The maximum absolute atomic E-state index is 11.2. The van der Waals surface area contributed by atoms with Crippen LogP contribution in [0, 0.1) is 3.57 Å². The van der Waals surface area contributed by atoms with E-state index >= 15 is 0 Å². The Bertz CT molecular complexity index is 430. The van der Waals surface area contributed by atoms with Crippen LogP contribution < -0.4 is 5.32 Å². The molecule has 0 saturated heterocycles. The highest BCUT2D eigenvalue weighted by Gasteiger charge is 2.30. The molecule has 1 aliphatic rings. The summed E-state index contributed by atoms with van der Waals surface area (Å²) >= 11 is 7.88. The number of hydrogen-bond acceptors (Lipinski definition) is 2. The number of hydrogen-bond donors (Lipinski definition) is 1. The molecule has 0 bridgehead atoms. The van der Waals surface area contributed by atoms with Crippen molar-refractivity contribution in [3.8, 4) is 0 Å². The van der Waals surface area contributed by atoms with Crippen LogP contribution in [0.2, 0.25) is 5.02 Å². The predicted octanol–water partition coefficient (Wildman–Crippen LogP) is 2.08. The molecular formula is C8H3ClINO2. The Kier molecular flexibility index (Phi) is 2.03. The SMILES string of the molecule is O=C1Nc2cc(I)cc(Cl)c2C1=O. The normalized spacial score (nSPS) is 14.3. The van der Waals surface area contributed by atoms with Gasteiger partial charge in [0.1, 0.15) is 0 Å². The smallest absolute Gasteiger partial charge is 0.296 e. The van der Waals surface area contributed by atoms with E-state index in [0.29, 0.717) is 10.7 Å². The highest BCUT2D eigenvalue weighted by Crippen LogP contribution is 2.31. The van der Waals surface area contributed by atoms with Crippen molar-refractivity contribution in [1.82, 2.24) is 0 Å². The molecule has 2 rings (SSSR count). The van der Waals surface area contributed by atoms with Gasteiger partial charge in [0.2, 0.25) is 0 Å². The number of carbonyl (C=O) groups excluding carboxylic acids is 2. The monoisotopic (exact) mass is 307 g/mol. The van der Waals surface area contributed by atoms with E-state index in [0.717, 1.165) is 3.57 Å². The zero-order valence-corrected chi connectivity index (χ0v) is 9.14. The van der Waals surface area contributed by atoms with Gasteiger partial charge < -0.3 is 5.32 Å². The molecule has 0 fully saturated rings. The van der Waals surface area contributed by atoms with Gasteiger partial charge in [0.25, 0.3) is 11.7 Å². The first-order chi connectivity index (χ1) is 6.09. The molecule has 0 atom stereocenters. The molecule has 0 spiro atoms. The third-order valence-corrected chi connectivity index (χ3v) is 2.66. The maximum Gasteiger partial charge on any atom is 0.296 e. The van der Waals surface area contributed by atoms with Crippen LogP contribution in [0.1, 0.15) is 10.4 Å². The molecule has 0 saturated carbocycles. The van der Waals surface area contributed by atoms with Gasteiger partial charge in [-0.05, 0) is 34.7 Å². The average molecular weight is 307 g/mol. The van der Waals surface area contributed by atoms with Crippen molar-refractivity contribution in [3.63, 3.8) is 0 Å². The number of nitrogens with one attached hydrogen (secondary N) is 1. The second-order valence-corrected chi connectivity index (χ2v) is 4.25. The Hall–Kier alpha value is -0.620. The van der Waals surface area contributed by atoms with Gasteiger partial charge in [0, 0.05) is 3.57 Å². The van der Waals surface area contributed by atoms with E-state index < -0.39 is 11.7 Å². The molecule has 66 valence electrons. The van der Waals surface area contributed by atoms with E-state index in [4.69, 9.17) is 11.6 Å². The lowest BCUT2D eigenvalue weighted by molar-refractivity contribution is -0.112. The molecule has 1 aliphatic heterocycles. The molecule has 3 nitrogen and oxygen atoms in total. The number of anilines is 1. The van der Waals surface area contributed by atoms with E-state index in [1.807, 2.05) is 0 Å². The van der Waals surface area contributed by atoms with Crippen LogP contribution in [0.3, 0.4) is 0 Å². The van der Waals surface area contributed by atoms with Crippen LogP contribution in [-0.2, 0) is 4.79 Å². The van der Waals surface area contributed by atoms with Crippen LogP contribution in [0.15, 0.2) is 12.1 Å². The van der Waals surface area contributed by atoms with E-state index in [9.17, 15) is 9.59 Å². The Labute approximate surface area is 92.6 Å². The Morgan fingerprint density at radius 3 is 2.69 bits per heavy atom. The average Bonchev–Trinajstić information content (AvgIpc) is 2.27. The molecule has 0 radical (unpaired) electrons. The number of Topliss-reactive ketones (excluding diaryl/α,β-unsaturated/α-hetero) is 1. The second-order valence-electron chi connectivity index (χ2n) is 2.59. The number of fused-ring (bicyclic) bond motifs is 1. The minimum Gasteiger partial charge on any atom is -0.318 e. The second kappa shape index (κ2) is 2.95. The summed E-state index contributed by atoms with van der Waals surface area (Å²) in [6, 6.07) is 3.36. The van der Waals surface area contributed by atoms with E-state index in [-0.39, 0.29) is 5.56 Å². The lowest BCUT2D eigenvalue weighted by Gasteiger charge is -1.99. The molecule has 5 heteroatoms. The van der Waals surface area contributed by atoms with E-state index in [1.165, 1.54) is 0 Å². The zero-order chi connectivity index (χ0) is 9.59. The van der Waals surface area contributed by atoms with Gasteiger partial charge in [-0.1, -0.05) is 11.6 Å². The molecule has 1 amide bonds. The lowest BCUT2D eigenvalue weighted by Crippen LogP contribution is -2.12. The first-order valence-electron chi connectivity index (χ1n) is 3.44. The Balaban J connectivity index is 2.71. The van der Waals surface area contributed by atoms with Crippen LogP contribution in [0.5, 0.6) is 0 Å². The fraction of sp³-hybridized carbons (Fsp3) is 0. The summed E-state index contributed by atoms with van der Waals surface area (Å²) in [5.74, 6) is -1.17. The number of amides is 1. The summed E-state index contributed by atoms with van der Waals surface area (Å²) in [6.45, 7) is 0. The van der Waals surface area contributed by atoms with Crippen molar-refractivity contribution in [1.29, 1.82) is 0 Å². The van der Waals surface area contributed by atoms with Gasteiger partial charge >= 0.3 is 0 Å². The summed E-state index contributed by atoms with van der Waals surface area (Å²) in [6.07, 6.45) is 0. The van der Waals surface area contributed by atoms with Gasteiger partial charge in [-0.3, -0.25) is 9.59 Å². The van der Waals surface area contributed by atoms with Crippen molar-refractivity contribution >= 4 is 51.6 Å². The van der Waals surface area contributed by atoms with Crippen molar-refractivity contribution in [3.05, 3.63) is 26.3 Å². The minimum atomic E-state index is -0.612. The van der Waals surface area contributed by atoms with Crippen LogP contribution in [0.4, 0.5) is 5.69 Å². The molecule has 0 unspecified atom stereocenters. The topological polar surface area (TPSA) is 46.2 Å². The van der Waals surface area contributed by atoms with Crippen molar-refractivity contribution in [2.24, 2.45) is 0 Å². The molecule has 1 aromatic rings. The van der Waals surface area contributed by atoms with Gasteiger partial charge in [-0.15, -0.1) is 0 Å². The molecule has 0 aromatic heterocycles. The first-order valence-corrected chi connectivity index (χ1v) is 4.90. The fourth-order valence-corrected chi connectivity index (χ4v) is 2.31. The molecule has 0 aliphatic carbocycles. The number of rotatable bonds is 0. The van der Waals surface area contributed by atoms with Crippen LogP contribution >= 0.6 is 34.2 Å². The van der Waals surface area contributed by atoms with E-state index in [2.05, 4.69) is 27.9 Å². The lowest BCUT2D eigenvalue weighted by atomic mass is 10.1. The first kappa shape index (κ1) is 8.96. The van der Waals surface area contributed by atoms with Crippen LogP contribution in [-0.4, -0.2) is 11.7 Å². The summed E-state index contributed by atoms with van der Waals surface area (Å²) in [7, 11) is 0. The summed E-state index contributed by atoms with van der Waals surface area (Å²) in [5.41, 5.74) is 0.791. The predicted molar refractivity (Wildman–Crippen MR) is 57.1 cm³/mol. The molecule has 1 aromatic carbocycles. The van der Waals surface area contributed by atoms with Gasteiger partial charge in [-0.2, -0.15) is 0 Å². The minimum absolute atomic E-state index is 0.284. The largest absolute Gasteiger partial charge is 0.318 e.